The van der Waals surface area contributed by atoms with Gasteiger partial charge >= 0.3 is 0 Å². The van der Waals surface area contributed by atoms with Gasteiger partial charge in [-0.1, -0.05) is 59.8 Å². The van der Waals surface area contributed by atoms with Crippen LogP contribution in [-0.2, 0) is 0 Å². The van der Waals surface area contributed by atoms with E-state index in [1.807, 2.05) is 0 Å². The molecule has 0 fully saturated rings. The molecule has 0 aromatic rings. The van der Waals surface area contributed by atoms with Crippen LogP contribution in [0.15, 0.2) is 0 Å². The van der Waals surface area contributed by atoms with Crippen LogP contribution in [0.4, 0.5) is 0 Å². The van der Waals surface area contributed by atoms with Gasteiger partial charge in [-0.2, -0.15) is 0 Å². The van der Waals surface area contributed by atoms with Crippen LogP contribution in [-0.4, -0.2) is 0 Å². The minimum atomic E-state index is 0.890. The van der Waals surface area contributed by atoms with Gasteiger partial charge in [0.15, 0.2) is 0 Å². The van der Waals surface area contributed by atoms with Crippen LogP contribution in [0.3, 0.4) is 0 Å². The van der Waals surface area contributed by atoms with Gasteiger partial charge in [-0.25, -0.2) is 0 Å². The fourth-order valence-corrected chi connectivity index (χ4v) is 1.33. The molecule has 0 aliphatic heterocycles. The number of hydrogen-bond donors (Lipinski definition) is 0. The summed E-state index contributed by atoms with van der Waals surface area (Å²) in [6.45, 7) is 9.15. The van der Waals surface area contributed by atoms with Crippen molar-refractivity contribution >= 4 is 0 Å². The third kappa shape index (κ3) is 8.10. The normalized spacial score (nSPS) is 11.5. The number of unbranched alkanes of at least 4 members (excludes halogenated alkanes) is 2. The molecule has 0 aliphatic rings. The van der Waals surface area contributed by atoms with Crippen LogP contribution in [0.1, 0.15) is 66.2 Å². The molecular formula is C12H25. The molecule has 0 saturated carbocycles. The quantitative estimate of drug-likeness (QED) is 0.489. The monoisotopic (exact) mass is 169 g/mol. The molecule has 0 aromatic carbocycles. The van der Waals surface area contributed by atoms with E-state index in [1.165, 1.54) is 38.5 Å². The zero-order chi connectivity index (χ0) is 9.40. The Kier molecular flexibility index (Phi) is 7.64. The van der Waals surface area contributed by atoms with Crippen molar-refractivity contribution in [3.63, 3.8) is 0 Å². The first kappa shape index (κ1) is 12.0. The van der Waals surface area contributed by atoms with E-state index in [-0.39, 0.29) is 0 Å². The predicted molar refractivity (Wildman–Crippen MR) is 57.1 cm³/mol. The van der Waals surface area contributed by atoms with Crippen molar-refractivity contribution in [3.8, 4) is 0 Å². The fraction of sp³-hybridized carbons (Fsp3) is 0.917. The molecule has 0 saturated heterocycles. The summed E-state index contributed by atoms with van der Waals surface area (Å²) in [5.74, 6) is 2.56. The topological polar surface area (TPSA) is 0 Å². The molecule has 0 N–H and O–H groups in total. The molecule has 0 heterocycles. The van der Waals surface area contributed by atoms with Gasteiger partial charge in [0.2, 0.25) is 0 Å². The first-order valence-corrected chi connectivity index (χ1v) is 5.48. The van der Waals surface area contributed by atoms with Gasteiger partial charge in [0, 0.05) is 0 Å². The second-order valence-electron chi connectivity index (χ2n) is 4.30. The van der Waals surface area contributed by atoms with Gasteiger partial charge in [-0.3, -0.25) is 0 Å². The smallest absolute Gasteiger partial charge is 0.0275 e. The highest BCUT2D eigenvalue weighted by Gasteiger charge is 1.99. The predicted octanol–water partition coefficient (Wildman–Crippen LogP) is 4.60. The van der Waals surface area contributed by atoms with Crippen molar-refractivity contribution < 1.29 is 0 Å². The standard InChI is InChI=1S/C12H25/c1-5-12(4)10-8-6-7-9-11(2)3/h11H,5-10H2,1-4H3. The Morgan fingerprint density at radius 3 is 2.25 bits per heavy atom. The molecular weight excluding hydrogens is 144 g/mol. The zero-order valence-electron chi connectivity index (χ0n) is 9.32. The van der Waals surface area contributed by atoms with Crippen molar-refractivity contribution in [2.45, 2.75) is 66.2 Å². The van der Waals surface area contributed by atoms with Crippen LogP contribution < -0.4 is 0 Å². The van der Waals surface area contributed by atoms with Crippen molar-refractivity contribution in [2.24, 2.45) is 5.92 Å². The van der Waals surface area contributed by atoms with E-state index in [9.17, 15) is 0 Å². The molecule has 0 bridgehead atoms. The third-order valence-corrected chi connectivity index (χ3v) is 2.49. The molecule has 0 aromatic heterocycles. The highest BCUT2D eigenvalue weighted by Crippen LogP contribution is 2.16. The van der Waals surface area contributed by atoms with E-state index in [1.54, 1.807) is 5.92 Å². The minimum Gasteiger partial charge on any atom is -0.0648 e. The second kappa shape index (κ2) is 7.64. The first-order chi connectivity index (χ1) is 5.66. The molecule has 0 rings (SSSR count). The lowest BCUT2D eigenvalue weighted by molar-refractivity contribution is 0.520. The Balaban J connectivity index is 3.00. The number of rotatable bonds is 7. The van der Waals surface area contributed by atoms with Crippen LogP contribution in [0.5, 0.6) is 0 Å². The summed E-state index contributed by atoms with van der Waals surface area (Å²) in [6.07, 6.45) is 8.29. The molecule has 1 radical (unpaired) electrons. The summed E-state index contributed by atoms with van der Waals surface area (Å²) in [6, 6.07) is 0. The number of hydrogen-bond acceptors (Lipinski definition) is 0. The van der Waals surface area contributed by atoms with Crippen molar-refractivity contribution in [1.29, 1.82) is 0 Å². The first-order valence-electron chi connectivity index (χ1n) is 5.48. The average molecular weight is 169 g/mol. The van der Waals surface area contributed by atoms with Gasteiger partial charge in [0.1, 0.15) is 0 Å². The minimum absolute atomic E-state index is 0.890. The summed E-state index contributed by atoms with van der Waals surface area (Å²) < 4.78 is 0. The van der Waals surface area contributed by atoms with Crippen LogP contribution >= 0.6 is 0 Å². The molecule has 0 amide bonds. The molecule has 0 unspecified atom stereocenters. The van der Waals surface area contributed by atoms with Crippen LogP contribution in [0.25, 0.3) is 0 Å². The van der Waals surface area contributed by atoms with Crippen molar-refractivity contribution in [2.75, 3.05) is 0 Å². The highest BCUT2D eigenvalue weighted by atomic mass is 14.0. The molecule has 0 atom stereocenters. The molecule has 0 heteroatoms. The maximum Gasteiger partial charge on any atom is -0.0275 e. The summed E-state index contributed by atoms with van der Waals surface area (Å²) in [7, 11) is 0. The second-order valence-corrected chi connectivity index (χ2v) is 4.30. The molecule has 12 heavy (non-hydrogen) atoms. The molecule has 73 valence electrons. The third-order valence-electron chi connectivity index (χ3n) is 2.49. The Labute approximate surface area is 78.8 Å². The summed E-state index contributed by atoms with van der Waals surface area (Å²) >= 11 is 0. The van der Waals surface area contributed by atoms with Gasteiger partial charge in [0.05, 0.1) is 0 Å². The lowest BCUT2D eigenvalue weighted by Gasteiger charge is -2.07. The van der Waals surface area contributed by atoms with Gasteiger partial charge in [0.25, 0.3) is 0 Å². The average Bonchev–Trinajstić information content (AvgIpc) is 2.03. The van der Waals surface area contributed by atoms with Gasteiger partial charge < -0.3 is 0 Å². The van der Waals surface area contributed by atoms with E-state index in [4.69, 9.17) is 0 Å². The Morgan fingerprint density at radius 1 is 1.08 bits per heavy atom. The largest absolute Gasteiger partial charge is 0.0648 e. The van der Waals surface area contributed by atoms with E-state index in [2.05, 4.69) is 27.7 Å². The van der Waals surface area contributed by atoms with E-state index < -0.39 is 0 Å². The van der Waals surface area contributed by atoms with Crippen molar-refractivity contribution in [3.05, 3.63) is 5.92 Å². The van der Waals surface area contributed by atoms with Crippen molar-refractivity contribution in [1.82, 2.24) is 0 Å². The summed E-state index contributed by atoms with van der Waals surface area (Å²) in [4.78, 5) is 0. The van der Waals surface area contributed by atoms with E-state index >= 15 is 0 Å². The fourth-order valence-electron chi connectivity index (χ4n) is 1.33. The summed E-state index contributed by atoms with van der Waals surface area (Å²) in [5, 5.41) is 0. The van der Waals surface area contributed by atoms with E-state index in [0.717, 1.165) is 5.92 Å². The Bertz CT molecular complexity index is 84.0. The Morgan fingerprint density at radius 2 is 1.75 bits per heavy atom. The lowest BCUT2D eigenvalue weighted by atomic mass is 9.99. The molecule has 0 aliphatic carbocycles. The van der Waals surface area contributed by atoms with E-state index in [0.29, 0.717) is 0 Å². The van der Waals surface area contributed by atoms with Crippen LogP contribution in [0, 0.1) is 11.8 Å². The van der Waals surface area contributed by atoms with Gasteiger partial charge in [-0.15, -0.1) is 0 Å². The summed E-state index contributed by atoms with van der Waals surface area (Å²) in [5.41, 5.74) is 0. The molecule has 0 nitrogen and oxygen atoms in total. The van der Waals surface area contributed by atoms with Crippen LogP contribution in [0.2, 0.25) is 0 Å². The van der Waals surface area contributed by atoms with Gasteiger partial charge in [-0.05, 0) is 18.3 Å². The Hall–Kier alpha value is 0. The maximum absolute atomic E-state index is 2.31. The molecule has 0 spiro atoms. The highest BCUT2D eigenvalue weighted by molar-refractivity contribution is 4.80. The zero-order valence-corrected chi connectivity index (χ0v) is 9.32. The SMILES string of the molecule is CC[C](C)CCCCCC(C)C. The lowest BCUT2D eigenvalue weighted by Crippen LogP contribution is -1.91. The maximum atomic E-state index is 2.31.